The maximum Gasteiger partial charge on any atom is 0.123 e. The SMILES string of the molecule is COC(C)(C)C(N)Cc1cccc(F)c1. The third kappa shape index (κ3) is 3.29. The van der Waals surface area contributed by atoms with Gasteiger partial charge in [-0.05, 0) is 38.0 Å². The zero-order valence-corrected chi connectivity index (χ0v) is 9.46. The molecule has 0 saturated carbocycles. The van der Waals surface area contributed by atoms with Gasteiger partial charge in [-0.15, -0.1) is 0 Å². The van der Waals surface area contributed by atoms with E-state index in [4.69, 9.17) is 10.5 Å². The summed E-state index contributed by atoms with van der Waals surface area (Å²) >= 11 is 0. The fourth-order valence-corrected chi connectivity index (χ4v) is 1.32. The van der Waals surface area contributed by atoms with Crippen LogP contribution in [0.4, 0.5) is 4.39 Å². The summed E-state index contributed by atoms with van der Waals surface area (Å²) in [5, 5.41) is 0. The molecule has 2 N–H and O–H groups in total. The summed E-state index contributed by atoms with van der Waals surface area (Å²) in [4.78, 5) is 0. The molecule has 0 radical (unpaired) electrons. The summed E-state index contributed by atoms with van der Waals surface area (Å²) in [5.74, 6) is -0.227. The van der Waals surface area contributed by atoms with E-state index in [1.54, 1.807) is 13.2 Å². The van der Waals surface area contributed by atoms with Crippen molar-refractivity contribution >= 4 is 0 Å². The van der Waals surface area contributed by atoms with Gasteiger partial charge in [-0.2, -0.15) is 0 Å². The van der Waals surface area contributed by atoms with Crippen molar-refractivity contribution in [2.75, 3.05) is 7.11 Å². The molecule has 0 spiro atoms. The van der Waals surface area contributed by atoms with Crippen LogP contribution < -0.4 is 5.73 Å². The number of hydrogen-bond acceptors (Lipinski definition) is 2. The van der Waals surface area contributed by atoms with E-state index in [0.29, 0.717) is 6.42 Å². The number of hydrogen-bond donors (Lipinski definition) is 1. The third-order valence-electron chi connectivity index (χ3n) is 2.76. The van der Waals surface area contributed by atoms with Crippen LogP contribution in [-0.4, -0.2) is 18.8 Å². The predicted molar refractivity (Wildman–Crippen MR) is 59.2 cm³/mol. The molecule has 0 aliphatic carbocycles. The maximum atomic E-state index is 12.9. The van der Waals surface area contributed by atoms with Crippen molar-refractivity contribution in [3.05, 3.63) is 35.6 Å². The van der Waals surface area contributed by atoms with Gasteiger partial charge in [-0.3, -0.25) is 0 Å². The molecular formula is C12H18FNO. The van der Waals surface area contributed by atoms with Gasteiger partial charge in [0.25, 0.3) is 0 Å². The van der Waals surface area contributed by atoms with Gasteiger partial charge in [0.1, 0.15) is 5.82 Å². The third-order valence-corrected chi connectivity index (χ3v) is 2.76. The van der Waals surface area contributed by atoms with Crippen LogP contribution in [0.15, 0.2) is 24.3 Å². The van der Waals surface area contributed by atoms with Gasteiger partial charge in [0, 0.05) is 13.2 Å². The summed E-state index contributed by atoms with van der Waals surface area (Å²) in [6.45, 7) is 3.86. The second-order valence-corrected chi connectivity index (χ2v) is 4.25. The largest absolute Gasteiger partial charge is 0.377 e. The first-order valence-electron chi connectivity index (χ1n) is 5.01. The fourth-order valence-electron chi connectivity index (χ4n) is 1.32. The second kappa shape index (κ2) is 4.73. The molecule has 0 aliphatic heterocycles. The Hall–Kier alpha value is -0.930. The van der Waals surface area contributed by atoms with Gasteiger partial charge in [0.2, 0.25) is 0 Å². The summed E-state index contributed by atoms with van der Waals surface area (Å²) in [7, 11) is 1.63. The van der Waals surface area contributed by atoms with Crippen molar-refractivity contribution < 1.29 is 9.13 Å². The van der Waals surface area contributed by atoms with E-state index in [2.05, 4.69) is 0 Å². The highest BCUT2D eigenvalue weighted by Crippen LogP contribution is 2.16. The van der Waals surface area contributed by atoms with Crippen molar-refractivity contribution in [1.82, 2.24) is 0 Å². The van der Waals surface area contributed by atoms with Crippen LogP contribution in [0, 0.1) is 5.82 Å². The molecule has 0 aromatic heterocycles. The molecule has 1 rings (SSSR count). The molecule has 1 unspecified atom stereocenters. The Bertz CT molecular complexity index is 325. The van der Waals surface area contributed by atoms with Crippen molar-refractivity contribution in [1.29, 1.82) is 0 Å². The zero-order chi connectivity index (χ0) is 11.5. The molecule has 0 saturated heterocycles. The Balaban J connectivity index is 2.70. The Labute approximate surface area is 90.2 Å². The smallest absolute Gasteiger partial charge is 0.123 e. The molecule has 0 bridgehead atoms. The van der Waals surface area contributed by atoms with Crippen LogP contribution in [0.5, 0.6) is 0 Å². The van der Waals surface area contributed by atoms with Gasteiger partial charge in [0.15, 0.2) is 0 Å². The minimum Gasteiger partial charge on any atom is -0.377 e. The van der Waals surface area contributed by atoms with Crippen LogP contribution in [-0.2, 0) is 11.2 Å². The van der Waals surface area contributed by atoms with E-state index in [-0.39, 0.29) is 11.9 Å². The average molecular weight is 211 g/mol. The number of benzene rings is 1. The molecule has 2 nitrogen and oxygen atoms in total. The Morgan fingerprint density at radius 3 is 2.67 bits per heavy atom. The van der Waals surface area contributed by atoms with Crippen molar-refractivity contribution in [2.24, 2.45) is 5.73 Å². The fraction of sp³-hybridized carbons (Fsp3) is 0.500. The lowest BCUT2D eigenvalue weighted by atomic mass is 9.93. The molecule has 0 aliphatic rings. The molecule has 84 valence electrons. The van der Waals surface area contributed by atoms with Gasteiger partial charge < -0.3 is 10.5 Å². The highest BCUT2D eigenvalue weighted by atomic mass is 19.1. The van der Waals surface area contributed by atoms with Gasteiger partial charge in [-0.1, -0.05) is 12.1 Å². The summed E-state index contributed by atoms with van der Waals surface area (Å²) in [5.41, 5.74) is 6.50. The second-order valence-electron chi connectivity index (χ2n) is 4.25. The number of nitrogens with two attached hydrogens (primary N) is 1. The van der Waals surface area contributed by atoms with Gasteiger partial charge >= 0.3 is 0 Å². The quantitative estimate of drug-likeness (QED) is 0.828. The first-order valence-corrected chi connectivity index (χ1v) is 5.01. The normalized spacial score (nSPS) is 13.9. The standard InChI is InChI=1S/C12H18FNO/c1-12(2,15-3)11(14)8-9-5-4-6-10(13)7-9/h4-7,11H,8,14H2,1-3H3. The van der Waals surface area contributed by atoms with Crippen molar-refractivity contribution in [3.8, 4) is 0 Å². The van der Waals surface area contributed by atoms with Gasteiger partial charge in [0.05, 0.1) is 5.60 Å². The van der Waals surface area contributed by atoms with Crippen LogP contribution in [0.2, 0.25) is 0 Å². The minimum atomic E-state index is -0.397. The summed E-state index contributed by atoms with van der Waals surface area (Å²) in [6, 6.07) is 6.35. The molecule has 1 aromatic carbocycles. The summed E-state index contributed by atoms with van der Waals surface area (Å²) < 4.78 is 18.2. The maximum absolute atomic E-state index is 12.9. The van der Waals surface area contributed by atoms with E-state index < -0.39 is 5.60 Å². The molecule has 1 atom stereocenters. The van der Waals surface area contributed by atoms with E-state index in [1.807, 2.05) is 19.9 Å². The molecule has 15 heavy (non-hydrogen) atoms. The Morgan fingerprint density at radius 2 is 2.13 bits per heavy atom. The highest BCUT2D eigenvalue weighted by Gasteiger charge is 2.25. The topological polar surface area (TPSA) is 35.2 Å². The monoisotopic (exact) mass is 211 g/mol. The lowest BCUT2D eigenvalue weighted by Gasteiger charge is -2.30. The lowest BCUT2D eigenvalue weighted by Crippen LogP contribution is -2.46. The van der Waals surface area contributed by atoms with E-state index in [0.717, 1.165) is 5.56 Å². The van der Waals surface area contributed by atoms with Crippen LogP contribution in [0.1, 0.15) is 19.4 Å². The number of rotatable bonds is 4. The Morgan fingerprint density at radius 1 is 1.47 bits per heavy atom. The number of halogens is 1. The van der Waals surface area contributed by atoms with Crippen LogP contribution >= 0.6 is 0 Å². The summed E-state index contributed by atoms with van der Waals surface area (Å²) in [6.07, 6.45) is 0.610. The highest BCUT2D eigenvalue weighted by molar-refractivity contribution is 5.18. The molecule has 3 heteroatoms. The minimum absolute atomic E-state index is 0.149. The molecule has 0 heterocycles. The lowest BCUT2D eigenvalue weighted by molar-refractivity contribution is 0.000790. The van der Waals surface area contributed by atoms with E-state index in [9.17, 15) is 4.39 Å². The Kier molecular flexibility index (Phi) is 3.83. The number of ether oxygens (including phenoxy) is 1. The van der Waals surface area contributed by atoms with E-state index in [1.165, 1.54) is 12.1 Å². The molecule has 0 amide bonds. The van der Waals surface area contributed by atoms with Crippen LogP contribution in [0.3, 0.4) is 0 Å². The molecular weight excluding hydrogens is 193 g/mol. The first-order chi connectivity index (χ1) is 6.95. The van der Waals surface area contributed by atoms with Gasteiger partial charge in [-0.25, -0.2) is 4.39 Å². The first kappa shape index (κ1) is 12.1. The molecule has 1 aromatic rings. The zero-order valence-electron chi connectivity index (χ0n) is 9.46. The number of methoxy groups -OCH3 is 1. The van der Waals surface area contributed by atoms with Crippen molar-refractivity contribution in [2.45, 2.75) is 31.9 Å². The van der Waals surface area contributed by atoms with Crippen LogP contribution in [0.25, 0.3) is 0 Å². The molecule has 0 fully saturated rings. The predicted octanol–water partition coefficient (Wildman–Crippen LogP) is 2.12. The van der Waals surface area contributed by atoms with E-state index >= 15 is 0 Å². The van der Waals surface area contributed by atoms with Crippen molar-refractivity contribution in [3.63, 3.8) is 0 Å². The average Bonchev–Trinajstić information content (AvgIpc) is 2.17.